The third-order valence-corrected chi connectivity index (χ3v) is 12.7. The maximum Gasteiger partial charge on any atom is 0.143 e. The van der Waals surface area contributed by atoms with Gasteiger partial charge >= 0.3 is 0 Å². The highest BCUT2D eigenvalue weighted by molar-refractivity contribution is 5.96. The molecule has 0 saturated carbocycles. The first-order valence-corrected chi connectivity index (χ1v) is 19.7. The Labute approximate surface area is 329 Å². The van der Waals surface area contributed by atoms with Gasteiger partial charge in [0, 0.05) is 50.6 Å². The van der Waals surface area contributed by atoms with Crippen LogP contribution in [0, 0.1) is 0 Å². The molecule has 0 radical (unpaired) electrons. The molecule has 1 aliphatic heterocycles. The number of fused-ring (bicyclic) bond motifs is 11. The van der Waals surface area contributed by atoms with E-state index >= 15 is 0 Å². The lowest BCUT2D eigenvalue weighted by atomic mass is 9.82. The van der Waals surface area contributed by atoms with Gasteiger partial charge in [0.15, 0.2) is 0 Å². The standard InChI is InChI=1S/C54H41NO/c1-53(2)47-23-12-10-19-41(47)43-28-25-35(31-49(43)53)55(36-26-29-44-42-20-11-13-24-48(42)54(3,4)50(44)32-36)37-27-30-45-39-17-8-9-18-40(39)46-22-14-21-38(34-15-6-5-7-16-34)52(46)56-51(45)33-37/h5-33H,1-4H3. The van der Waals surface area contributed by atoms with Crippen molar-refractivity contribution in [1.82, 2.24) is 0 Å². The van der Waals surface area contributed by atoms with E-state index in [-0.39, 0.29) is 10.8 Å². The van der Waals surface area contributed by atoms with Crippen molar-refractivity contribution < 1.29 is 4.74 Å². The minimum atomic E-state index is -0.132. The van der Waals surface area contributed by atoms with Gasteiger partial charge < -0.3 is 9.64 Å². The number of benzene rings is 8. The molecule has 0 fully saturated rings. The van der Waals surface area contributed by atoms with E-state index in [0.717, 1.165) is 50.8 Å². The molecule has 0 N–H and O–H groups in total. The molecule has 8 aromatic rings. The molecule has 268 valence electrons. The third-order valence-electron chi connectivity index (χ3n) is 12.7. The highest BCUT2D eigenvalue weighted by Crippen LogP contribution is 2.55. The van der Waals surface area contributed by atoms with Crippen LogP contribution in [-0.2, 0) is 10.8 Å². The lowest BCUT2D eigenvalue weighted by Gasteiger charge is -2.30. The normalized spacial score (nSPS) is 14.5. The second-order valence-electron chi connectivity index (χ2n) is 16.5. The van der Waals surface area contributed by atoms with Crippen LogP contribution in [0.15, 0.2) is 176 Å². The minimum Gasteiger partial charge on any atom is -0.455 e. The SMILES string of the molecule is CC1(C)c2ccccc2-c2ccc(N(c3ccc4c(c3)Oc3c(-c5ccccc5)cccc3-c3ccccc3-4)c3ccc4c(c3)C(C)(C)c3ccccc3-4)cc21. The first-order valence-electron chi connectivity index (χ1n) is 19.7. The predicted molar refractivity (Wildman–Crippen MR) is 233 cm³/mol. The molecule has 8 aromatic carbocycles. The number of hydrogen-bond donors (Lipinski definition) is 0. The van der Waals surface area contributed by atoms with Gasteiger partial charge in [-0.25, -0.2) is 0 Å². The first kappa shape index (κ1) is 32.8. The molecule has 0 bridgehead atoms. The van der Waals surface area contributed by atoms with Crippen LogP contribution in [-0.4, -0.2) is 0 Å². The third kappa shape index (κ3) is 4.69. The minimum absolute atomic E-state index is 0.132. The molecule has 0 aromatic heterocycles. The lowest BCUT2D eigenvalue weighted by Crippen LogP contribution is -2.18. The lowest BCUT2D eigenvalue weighted by molar-refractivity contribution is 0.489. The topological polar surface area (TPSA) is 12.5 Å². The molecule has 2 heteroatoms. The summed E-state index contributed by atoms with van der Waals surface area (Å²) >= 11 is 0. The van der Waals surface area contributed by atoms with Gasteiger partial charge in [-0.15, -0.1) is 0 Å². The summed E-state index contributed by atoms with van der Waals surface area (Å²) in [4.78, 5) is 2.43. The van der Waals surface area contributed by atoms with Crippen molar-refractivity contribution in [3.63, 3.8) is 0 Å². The highest BCUT2D eigenvalue weighted by atomic mass is 16.5. The molecule has 2 nitrogen and oxygen atoms in total. The van der Waals surface area contributed by atoms with Gasteiger partial charge in [-0.05, 0) is 97.6 Å². The summed E-state index contributed by atoms with van der Waals surface area (Å²) < 4.78 is 7.21. The molecule has 2 aliphatic carbocycles. The Hall–Kier alpha value is -6.64. The smallest absolute Gasteiger partial charge is 0.143 e. The Balaban J connectivity index is 1.13. The van der Waals surface area contributed by atoms with Crippen LogP contribution in [0.1, 0.15) is 49.9 Å². The number of anilines is 3. The molecular weight excluding hydrogens is 679 g/mol. The van der Waals surface area contributed by atoms with Crippen molar-refractivity contribution >= 4 is 17.1 Å². The monoisotopic (exact) mass is 719 g/mol. The van der Waals surface area contributed by atoms with Gasteiger partial charge in [-0.3, -0.25) is 0 Å². The molecule has 0 atom stereocenters. The van der Waals surface area contributed by atoms with Gasteiger partial charge in [0.05, 0.1) is 0 Å². The molecule has 56 heavy (non-hydrogen) atoms. The van der Waals surface area contributed by atoms with Gasteiger partial charge in [-0.2, -0.15) is 0 Å². The van der Waals surface area contributed by atoms with Gasteiger partial charge in [-0.1, -0.05) is 161 Å². The fourth-order valence-corrected chi connectivity index (χ4v) is 9.83. The van der Waals surface area contributed by atoms with Crippen molar-refractivity contribution in [2.45, 2.75) is 38.5 Å². The average Bonchev–Trinajstić information content (AvgIpc) is 3.53. The number of nitrogens with zero attached hydrogens (tertiary/aromatic N) is 1. The van der Waals surface area contributed by atoms with Crippen molar-refractivity contribution in [3.8, 4) is 67.1 Å². The van der Waals surface area contributed by atoms with E-state index < -0.39 is 0 Å². The fraction of sp³-hybridized carbons (Fsp3) is 0.111. The fourth-order valence-electron chi connectivity index (χ4n) is 9.83. The maximum absolute atomic E-state index is 7.21. The predicted octanol–water partition coefficient (Wildman–Crippen LogP) is 14.9. The van der Waals surface area contributed by atoms with Gasteiger partial charge in [0.2, 0.25) is 0 Å². The van der Waals surface area contributed by atoms with E-state index in [2.05, 4.69) is 209 Å². The van der Waals surface area contributed by atoms with Crippen LogP contribution in [0.2, 0.25) is 0 Å². The summed E-state index contributed by atoms with van der Waals surface area (Å²) in [6, 6.07) is 64.4. The van der Waals surface area contributed by atoms with Crippen molar-refractivity contribution in [2.24, 2.45) is 0 Å². The summed E-state index contributed by atoms with van der Waals surface area (Å²) in [5, 5.41) is 0. The van der Waals surface area contributed by atoms with Crippen LogP contribution in [0.4, 0.5) is 17.1 Å². The van der Waals surface area contributed by atoms with E-state index in [4.69, 9.17) is 4.74 Å². The Morgan fingerprint density at radius 3 is 1.36 bits per heavy atom. The maximum atomic E-state index is 7.21. The van der Waals surface area contributed by atoms with Crippen LogP contribution >= 0.6 is 0 Å². The van der Waals surface area contributed by atoms with Gasteiger partial charge in [0.25, 0.3) is 0 Å². The average molecular weight is 720 g/mol. The second-order valence-corrected chi connectivity index (χ2v) is 16.5. The summed E-state index contributed by atoms with van der Waals surface area (Å²) in [6.45, 7) is 9.43. The Bertz CT molecular complexity index is 2790. The Kier molecular flexibility index (Phi) is 6.98. The first-order chi connectivity index (χ1) is 27.3. The van der Waals surface area contributed by atoms with Crippen LogP contribution in [0.25, 0.3) is 55.6 Å². The van der Waals surface area contributed by atoms with E-state index in [9.17, 15) is 0 Å². The zero-order valence-electron chi connectivity index (χ0n) is 32.1. The van der Waals surface area contributed by atoms with Crippen LogP contribution < -0.4 is 9.64 Å². The highest BCUT2D eigenvalue weighted by Gasteiger charge is 2.38. The van der Waals surface area contributed by atoms with E-state index in [1.165, 1.54) is 55.6 Å². The van der Waals surface area contributed by atoms with E-state index in [1.807, 2.05) is 0 Å². The molecule has 0 amide bonds. The zero-order valence-corrected chi connectivity index (χ0v) is 32.1. The summed E-state index contributed by atoms with van der Waals surface area (Å²) in [5.41, 5.74) is 20.5. The largest absolute Gasteiger partial charge is 0.455 e. The summed E-state index contributed by atoms with van der Waals surface area (Å²) in [6.07, 6.45) is 0. The van der Waals surface area contributed by atoms with E-state index in [1.54, 1.807) is 0 Å². The molecular formula is C54H41NO. The second kappa shape index (κ2) is 11.9. The number of ether oxygens (including phenoxy) is 1. The quantitative estimate of drug-likeness (QED) is 0.180. The number of rotatable bonds is 4. The molecule has 0 unspecified atom stereocenters. The van der Waals surface area contributed by atoms with E-state index in [0.29, 0.717) is 0 Å². The van der Waals surface area contributed by atoms with Crippen molar-refractivity contribution in [2.75, 3.05) is 4.90 Å². The Morgan fingerprint density at radius 1 is 0.339 bits per heavy atom. The van der Waals surface area contributed by atoms with Crippen LogP contribution in [0.5, 0.6) is 11.5 Å². The Morgan fingerprint density at radius 2 is 0.768 bits per heavy atom. The molecule has 0 spiro atoms. The zero-order chi connectivity index (χ0) is 37.8. The molecule has 1 heterocycles. The van der Waals surface area contributed by atoms with Gasteiger partial charge in [0.1, 0.15) is 11.5 Å². The van der Waals surface area contributed by atoms with Crippen LogP contribution in [0.3, 0.4) is 0 Å². The van der Waals surface area contributed by atoms with Crippen molar-refractivity contribution in [3.05, 3.63) is 198 Å². The number of hydrogen-bond acceptors (Lipinski definition) is 2. The molecule has 11 rings (SSSR count). The molecule has 0 saturated heterocycles. The summed E-state index contributed by atoms with van der Waals surface area (Å²) in [5.74, 6) is 1.72. The summed E-state index contributed by atoms with van der Waals surface area (Å²) in [7, 11) is 0. The van der Waals surface area contributed by atoms with Crippen molar-refractivity contribution in [1.29, 1.82) is 0 Å². The molecule has 3 aliphatic rings. The number of para-hydroxylation sites is 1.